The van der Waals surface area contributed by atoms with E-state index in [0.29, 0.717) is 13.1 Å². The number of nitrogens with zero attached hydrogens (tertiary/aromatic N) is 1. The highest BCUT2D eigenvalue weighted by Crippen LogP contribution is 2.21. The molecule has 1 saturated heterocycles. The van der Waals surface area contributed by atoms with Crippen LogP contribution < -0.4 is 5.73 Å². The van der Waals surface area contributed by atoms with E-state index < -0.39 is 11.6 Å². The molecule has 1 unspecified atom stereocenters. The van der Waals surface area contributed by atoms with E-state index in [4.69, 9.17) is 5.73 Å². The molecule has 1 aliphatic rings. The molecule has 0 aromatic heterocycles. The van der Waals surface area contributed by atoms with E-state index in [1.807, 2.05) is 0 Å². The monoisotopic (exact) mass is 282 g/mol. The SMILES string of the molecule is NCCC1CCCCN1C(=O)Cc1ccc(F)cc1F. The fraction of sp³-hybridized carbons (Fsp3) is 0.533. The van der Waals surface area contributed by atoms with E-state index in [2.05, 4.69) is 0 Å². The van der Waals surface area contributed by atoms with Crippen molar-refractivity contribution in [1.29, 1.82) is 0 Å². The van der Waals surface area contributed by atoms with Crippen LogP contribution in [0.1, 0.15) is 31.2 Å². The molecule has 2 N–H and O–H groups in total. The quantitative estimate of drug-likeness (QED) is 0.920. The molecule has 1 aliphatic heterocycles. The van der Waals surface area contributed by atoms with E-state index in [1.165, 1.54) is 12.1 Å². The van der Waals surface area contributed by atoms with Gasteiger partial charge < -0.3 is 10.6 Å². The number of piperidine rings is 1. The number of carbonyl (C=O) groups is 1. The summed E-state index contributed by atoms with van der Waals surface area (Å²) in [5.41, 5.74) is 5.82. The molecule has 0 aliphatic carbocycles. The van der Waals surface area contributed by atoms with E-state index in [1.54, 1.807) is 4.90 Å². The lowest BCUT2D eigenvalue weighted by atomic mass is 9.98. The topological polar surface area (TPSA) is 46.3 Å². The maximum atomic E-state index is 13.6. The van der Waals surface area contributed by atoms with Crippen LogP contribution >= 0.6 is 0 Å². The van der Waals surface area contributed by atoms with Gasteiger partial charge in [0.05, 0.1) is 6.42 Å². The van der Waals surface area contributed by atoms with Gasteiger partial charge in [0.25, 0.3) is 0 Å². The van der Waals surface area contributed by atoms with Crippen molar-refractivity contribution in [3.05, 3.63) is 35.4 Å². The number of hydrogen-bond donors (Lipinski definition) is 1. The average molecular weight is 282 g/mol. The molecule has 2 rings (SSSR count). The Bertz CT molecular complexity index is 477. The van der Waals surface area contributed by atoms with Crippen molar-refractivity contribution in [2.75, 3.05) is 13.1 Å². The van der Waals surface area contributed by atoms with Crippen LogP contribution in [-0.2, 0) is 11.2 Å². The van der Waals surface area contributed by atoms with Crippen molar-refractivity contribution >= 4 is 5.91 Å². The molecule has 1 atom stereocenters. The highest BCUT2D eigenvalue weighted by molar-refractivity contribution is 5.79. The van der Waals surface area contributed by atoms with Gasteiger partial charge in [-0.25, -0.2) is 8.78 Å². The Morgan fingerprint density at radius 3 is 2.85 bits per heavy atom. The summed E-state index contributed by atoms with van der Waals surface area (Å²) < 4.78 is 26.4. The Hall–Kier alpha value is -1.49. The minimum Gasteiger partial charge on any atom is -0.339 e. The summed E-state index contributed by atoms with van der Waals surface area (Å²) in [6, 6.07) is 3.49. The zero-order chi connectivity index (χ0) is 14.5. The molecule has 0 radical (unpaired) electrons. The van der Waals surface area contributed by atoms with Gasteiger partial charge in [-0.2, -0.15) is 0 Å². The Balaban J connectivity index is 2.05. The standard InChI is InChI=1S/C15H20F2N2O/c16-12-5-4-11(14(17)10-12)9-15(20)19-8-2-1-3-13(19)6-7-18/h4-5,10,13H,1-3,6-9,18H2. The smallest absolute Gasteiger partial charge is 0.227 e. The van der Waals surface area contributed by atoms with Gasteiger partial charge in [0, 0.05) is 18.7 Å². The molecular weight excluding hydrogens is 262 g/mol. The van der Waals surface area contributed by atoms with Gasteiger partial charge in [0.1, 0.15) is 11.6 Å². The van der Waals surface area contributed by atoms with Gasteiger partial charge in [-0.3, -0.25) is 4.79 Å². The molecule has 3 nitrogen and oxygen atoms in total. The molecule has 1 aromatic carbocycles. The van der Waals surface area contributed by atoms with Crippen LogP contribution in [0.25, 0.3) is 0 Å². The fourth-order valence-electron chi connectivity index (χ4n) is 2.75. The first-order valence-corrected chi connectivity index (χ1v) is 7.05. The maximum absolute atomic E-state index is 13.6. The zero-order valence-electron chi connectivity index (χ0n) is 11.4. The van der Waals surface area contributed by atoms with Gasteiger partial charge >= 0.3 is 0 Å². The summed E-state index contributed by atoms with van der Waals surface area (Å²) in [5, 5.41) is 0. The van der Waals surface area contributed by atoms with E-state index in [0.717, 1.165) is 31.7 Å². The molecule has 5 heteroatoms. The molecule has 0 bridgehead atoms. The molecular formula is C15H20F2N2O. The molecule has 1 heterocycles. The number of likely N-dealkylation sites (tertiary alicyclic amines) is 1. The second kappa shape index (κ2) is 6.79. The van der Waals surface area contributed by atoms with Gasteiger partial charge in [0.2, 0.25) is 5.91 Å². The lowest BCUT2D eigenvalue weighted by molar-refractivity contribution is -0.134. The normalized spacial score (nSPS) is 19.1. The zero-order valence-corrected chi connectivity index (χ0v) is 11.4. The lowest BCUT2D eigenvalue weighted by Gasteiger charge is -2.35. The van der Waals surface area contributed by atoms with Crippen LogP contribution in [0, 0.1) is 11.6 Å². The first-order chi connectivity index (χ1) is 9.61. The van der Waals surface area contributed by atoms with Crippen molar-refractivity contribution in [2.24, 2.45) is 5.73 Å². The Kier molecular flexibility index (Phi) is 5.06. The number of halogens is 2. The summed E-state index contributed by atoms with van der Waals surface area (Å²) >= 11 is 0. The third-order valence-electron chi connectivity index (χ3n) is 3.80. The maximum Gasteiger partial charge on any atom is 0.227 e. The number of benzene rings is 1. The summed E-state index contributed by atoms with van der Waals surface area (Å²) in [6.45, 7) is 1.24. The van der Waals surface area contributed by atoms with Crippen LogP contribution in [0.2, 0.25) is 0 Å². The van der Waals surface area contributed by atoms with Crippen LogP contribution in [0.4, 0.5) is 8.78 Å². The largest absolute Gasteiger partial charge is 0.339 e. The van der Waals surface area contributed by atoms with Crippen molar-refractivity contribution in [1.82, 2.24) is 4.90 Å². The van der Waals surface area contributed by atoms with Crippen molar-refractivity contribution in [3.63, 3.8) is 0 Å². The summed E-state index contributed by atoms with van der Waals surface area (Å²) in [6.07, 6.45) is 3.78. The van der Waals surface area contributed by atoms with Gasteiger partial charge in [-0.1, -0.05) is 6.07 Å². The Morgan fingerprint density at radius 2 is 2.15 bits per heavy atom. The lowest BCUT2D eigenvalue weighted by Crippen LogP contribution is -2.45. The van der Waals surface area contributed by atoms with Crippen LogP contribution in [0.3, 0.4) is 0 Å². The molecule has 0 spiro atoms. The van der Waals surface area contributed by atoms with Crippen LogP contribution in [-0.4, -0.2) is 29.9 Å². The predicted molar refractivity (Wildman–Crippen MR) is 73.1 cm³/mol. The third-order valence-corrected chi connectivity index (χ3v) is 3.80. The predicted octanol–water partition coefficient (Wildman–Crippen LogP) is 2.24. The molecule has 20 heavy (non-hydrogen) atoms. The highest BCUT2D eigenvalue weighted by atomic mass is 19.1. The Morgan fingerprint density at radius 1 is 1.35 bits per heavy atom. The minimum absolute atomic E-state index is 0.0207. The minimum atomic E-state index is -0.661. The number of hydrogen-bond acceptors (Lipinski definition) is 2. The number of nitrogens with two attached hydrogens (primary N) is 1. The summed E-state index contributed by atoms with van der Waals surface area (Å²) in [7, 11) is 0. The molecule has 110 valence electrons. The van der Waals surface area contributed by atoms with Crippen LogP contribution in [0.5, 0.6) is 0 Å². The van der Waals surface area contributed by atoms with Crippen molar-refractivity contribution < 1.29 is 13.6 Å². The van der Waals surface area contributed by atoms with Crippen LogP contribution in [0.15, 0.2) is 18.2 Å². The van der Waals surface area contributed by atoms with E-state index in [9.17, 15) is 13.6 Å². The summed E-state index contributed by atoms with van der Waals surface area (Å²) in [5.74, 6) is -1.39. The first kappa shape index (κ1) is 14.9. The average Bonchev–Trinajstić information content (AvgIpc) is 2.43. The molecule has 0 saturated carbocycles. The van der Waals surface area contributed by atoms with Crippen molar-refractivity contribution in [2.45, 2.75) is 38.1 Å². The molecule has 1 amide bonds. The molecule has 1 aromatic rings. The third kappa shape index (κ3) is 3.54. The van der Waals surface area contributed by atoms with Crippen molar-refractivity contribution in [3.8, 4) is 0 Å². The number of amides is 1. The second-order valence-corrected chi connectivity index (χ2v) is 5.23. The second-order valence-electron chi connectivity index (χ2n) is 5.23. The number of rotatable bonds is 4. The first-order valence-electron chi connectivity index (χ1n) is 7.05. The Labute approximate surface area is 117 Å². The number of carbonyl (C=O) groups excluding carboxylic acids is 1. The van der Waals surface area contributed by atoms with Gasteiger partial charge in [0.15, 0.2) is 0 Å². The highest BCUT2D eigenvalue weighted by Gasteiger charge is 2.26. The fourth-order valence-corrected chi connectivity index (χ4v) is 2.75. The summed E-state index contributed by atoms with van der Waals surface area (Å²) in [4.78, 5) is 14.1. The van der Waals surface area contributed by atoms with Gasteiger partial charge in [-0.05, 0) is 43.9 Å². The van der Waals surface area contributed by atoms with E-state index in [-0.39, 0.29) is 23.9 Å². The molecule has 1 fully saturated rings. The van der Waals surface area contributed by atoms with Gasteiger partial charge in [-0.15, -0.1) is 0 Å². The van der Waals surface area contributed by atoms with E-state index >= 15 is 0 Å².